The number of thiophene rings is 1. The van der Waals surface area contributed by atoms with E-state index in [2.05, 4.69) is 25.9 Å². The number of aromatic nitrogens is 4. The fourth-order valence-corrected chi connectivity index (χ4v) is 7.53. The fraction of sp³-hybridized carbons (Fsp3) is 0.412. The minimum absolute atomic E-state index is 0.0979. The molecule has 1 fully saturated rings. The maximum Gasteiger partial charge on any atom is 0.352 e. The monoisotopic (exact) mass is 562 g/mol. The molecule has 0 saturated carbocycles. The Balaban J connectivity index is 1.57. The van der Waals surface area contributed by atoms with E-state index in [1.165, 1.54) is 23.1 Å². The van der Waals surface area contributed by atoms with Gasteiger partial charge in [-0.2, -0.15) is 8.42 Å². The maximum absolute atomic E-state index is 12.9. The molecule has 18 heteroatoms. The molecule has 0 radical (unpaired) electrons. The number of H-pyrrole nitrogens is 1. The van der Waals surface area contributed by atoms with E-state index in [0.29, 0.717) is 4.88 Å². The van der Waals surface area contributed by atoms with Crippen molar-refractivity contribution in [1.29, 1.82) is 0 Å². The second-order valence-corrected chi connectivity index (χ2v) is 12.2. The number of aliphatic hydroxyl groups excluding tert-OH is 1. The summed E-state index contributed by atoms with van der Waals surface area (Å²) in [5.41, 5.74) is -0.0797. The summed E-state index contributed by atoms with van der Waals surface area (Å²) in [4.78, 5) is 39.0. The zero-order valence-corrected chi connectivity index (χ0v) is 20.7. The third-order valence-corrected chi connectivity index (χ3v) is 9.35. The van der Waals surface area contributed by atoms with Gasteiger partial charge in [0.2, 0.25) is 5.16 Å². The highest BCUT2D eigenvalue weighted by atomic mass is 32.2. The van der Waals surface area contributed by atoms with Crippen LogP contribution in [0, 0.1) is 0 Å². The Kier molecular flexibility index (Phi) is 7.48. The van der Waals surface area contributed by atoms with Crippen LogP contribution in [0.2, 0.25) is 0 Å². The lowest BCUT2D eigenvalue weighted by atomic mass is 10.0. The second-order valence-electron chi connectivity index (χ2n) is 7.38. The van der Waals surface area contributed by atoms with Gasteiger partial charge in [0.05, 0.1) is 5.75 Å². The molecule has 4 atom stereocenters. The number of thioether (sulfide) groups is 2. The van der Waals surface area contributed by atoms with E-state index in [-0.39, 0.29) is 28.6 Å². The average molecular weight is 563 g/mol. The lowest BCUT2D eigenvalue weighted by Gasteiger charge is -2.50. The van der Waals surface area contributed by atoms with Crippen LogP contribution < -0.4 is 5.32 Å². The van der Waals surface area contributed by atoms with Crippen molar-refractivity contribution in [2.24, 2.45) is 0 Å². The van der Waals surface area contributed by atoms with Gasteiger partial charge in [-0.3, -0.25) is 19.0 Å². The zero-order chi connectivity index (χ0) is 25.3. The van der Waals surface area contributed by atoms with Crippen molar-refractivity contribution in [3.63, 3.8) is 0 Å². The molecule has 188 valence electrons. The summed E-state index contributed by atoms with van der Waals surface area (Å²) in [7, 11) is -4.35. The maximum atomic E-state index is 12.9. The number of aliphatic carboxylic acids is 1. The largest absolute Gasteiger partial charge is 0.477 e. The summed E-state index contributed by atoms with van der Waals surface area (Å²) in [6.45, 7) is 0. The number of hydrogen-bond donors (Lipinski definition) is 5. The van der Waals surface area contributed by atoms with Gasteiger partial charge in [-0.1, -0.05) is 17.8 Å². The molecule has 0 aliphatic carbocycles. The molecule has 1 saturated heterocycles. The van der Waals surface area contributed by atoms with Gasteiger partial charge in [-0.25, -0.2) is 9.89 Å². The van der Waals surface area contributed by atoms with Crippen LogP contribution in [0.3, 0.4) is 0 Å². The SMILES string of the molecule is O=C(O)C1=C(C(CCS(=O)(=O)O)Sc2nnn[nH]2)CS[C@H]2C(NC(=O)C(O)c3cccs3)C(=O)N12. The number of nitrogens with zero attached hydrogens (tertiary/aromatic N) is 4. The highest BCUT2D eigenvalue weighted by molar-refractivity contribution is 8.01. The van der Waals surface area contributed by atoms with E-state index >= 15 is 0 Å². The van der Waals surface area contributed by atoms with Crippen LogP contribution in [-0.2, 0) is 24.5 Å². The molecule has 0 bridgehead atoms. The molecule has 4 rings (SSSR count). The number of carboxylic acids is 1. The fourth-order valence-electron chi connectivity index (χ4n) is 3.59. The van der Waals surface area contributed by atoms with Crippen molar-refractivity contribution in [2.45, 2.75) is 34.3 Å². The molecule has 2 aliphatic heterocycles. The van der Waals surface area contributed by atoms with Crippen molar-refractivity contribution >= 4 is 62.8 Å². The summed E-state index contributed by atoms with van der Waals surface area (Å²) in [5, 5.41) is 36.0. The first-order valence-corrected chi connectivity index (χ1v) is 14.3. The Hall–Kier alpha value is -2.51. The van der Waals surface area contributed by atoms with Gasteiger partial charge in [0.15, 0.2) is 6.10 Å². The number of carbonyl (C=O) groups excluding carboxylic acids is 2. The molecular formula is C17H18N6O8S4. The van der Waals surface area contributed by atoms with E-state index < -0.39 is 56.4 Å². The number of carbonyl (C=O) groups is 3. The first-order valence-electron chi connectivity index (χ1n) is 9.85. The van der Waals surface area contributed by atoms with Crippen LogP contribution >= 0.6 is 34.9 Å². The van der Waals surface area contributed by atoms with Gasteiger partial charge in [-0.15, -0.1) is 28.2 Å². The number of rotatable bonds is 10. The van der Waals surface area contributed by atoms with Crippen molar-refractivity contribution in [3.05, 3.63) is 33.7 Å². The lowest BCUT2D eigenvalue weighted by Crippen LogP contribution is -2.71. The highest BCUT2D eigenvalue weighted by Gasteiger charge is 2.55. The number of hydrogen-bond acceptors (Lipinski definition) is 12. The zero-order valence-electron chi connectivity index (χ0n) is 17.5. The van der Waals surface area contributed by atoms with Crippen LogP contribution in [0.15, 0.2) is 33.9 Å². The Morgan fingerprint density at radius 3 is 2.77 bits per heavy atom. The van der Waals surface area contributed by atoms with Crippen LogP contribution in [0.25, 0.3) is 0 Å². The number of aromatic amines is 1. The van der Waals surface area contributed by atoms with Gasteiger partial charge >= 0.3 is 5.97 Å². The summed E-state index contributed by atoms with van der Waals surface area (Å²) in [6.07, 6.45) is -1.64. The predicted molar refractivity (Wildman–Crippen MR) is 124 cm³/mol. The van der Waals surface area contributed by atoms with Gasteiger partial charge in [-0.05, 0) is 33.9 Å². The summed E-state index contributed by atoms with van der Waals surface area (Å²) in [5.74, 6) is -3.42. The number of aliphatic hydroxyl groups is 1. The molecule has 35 heavy (non-hydrogen) atoms. The van der Waals surface area contributed by atoms with E-state index in [4.69, 9.17) is 0 Å². The number of carboxylic acid groups (broad SMARTS) is 1. The molecule has 2 aliphatic rings. The average Bonchev–Trinajstić information content (AvgIpc) is 3.52. The molecule has 0 spiro atoms. The number of nitrogens with one attached hydrogen (secondary N) is 2. The Bertz CT molecular complexity index is 1250. The molecule has 2 aromatic rings. The topological polar surface area (TPSA) is 216 Å². The Morgan fingerprint density at radius 1 is 1.40 bits per heavy atom. The molecule has 2 aromatic heterocycles. The van der Waals surface area contributed by atoms with E-state index in [0.717, 1.165) is 16.7 Å². The molecular weight excluding hydrogens is 544 g/mol. The van der Waals surface area contributed by atoms with Crippen LogP contribution in [-0.4, -0.2) is 94.7 Å². The number of fused-ring (bicyclic) bond motifs is 1. The van der Waals surface area contributed by atoms with E-state index in [1.54, 1.807) is 17.5 Å². The van der Waals surface area contributed by atoms with Crippen molar-refractivity contribution in [3.8, 4) is 0 Å². The summed E-state index contributed by atoms with van der Waals surface area (Å²) in [6, 6.07) is 2.20. The highest BCUT2D eigenvalue weighted by Crippen LogP contribution is 2.44. The van der Waals surface area contributed by atoms with Crippen molar-refractivity contribution in [1.82, 2.24) is 30.8 Å². The van der Waals surface area contributed by atoms with Crippen molar-refractivity contribution in [2.75, 3.05) is 11.5 Å². The molecule has 5 N–H and O–H groups in total. The van der Waals surface area contributed by atoms with Crippen LogP contribution in [0.5, 0.6) is 0 Å². The summed E-state index contributed by atoms with van der Waals surface area (Å²) < 4.78 is 31.9. The van der Waals surface area contributed by atoms with Gasteiger partial charge in [0.1, 0.15) is 17.1 Å². The molecule has 14 nitrogen and oxygen atoms in total. The molecule has 2 amide bonds. The molecule has 4 heterocycles. The van der Waals surface area contributed by atoms with Gasteiger partial charge in [0, 0.05) is 15.9 Å². The van der Waals surface area contributed by atoms with Crippen molar-refractivity contribution < 1.29 is 37.6 Å². The first kappa shape index (κ1) is 25.6. The summed E-state index contributed by atoms with van der Waals surface area (Å²) >= 11 is 3.32. The first-order chi connectivity index (χ1) is 16.6. The minimum atomic E-state index is -4.35. The van der Waals surface area contributed by atoms with Crippen LogP contribution in [0.1, 0.15) is 17.4 Å². The van der Waals surface area contributed by atoms with E-state index in [9.17, 15) is 37.6 Å². The Labute approximate surface area is 210 Å². The number of tetrazole rings is 1. The molecule has 3 unspecified atom stereocenters. The van der Waals surface area contributed by atoms with E-state index in [1.807, 2.05) is 0 Å². The normalized spacial score (nSPS) is 21.8. The molecule has 0 aromatic carbocycles. The second kappa shape index (κ2) is 10.2. The quantitative estimate of drug-likeness (QED) is 0.140. The third-order valence-electron chi connectivity index (χ3n) is 5.17. The standard InChI is InChI=1S/C17H18N6O8S4/c24-12(9-2-1-4-32-9)13(25)18-10-14(26)23-11(16(27)28)7(6-33-15(10)23)8(3-5-35(29,30)31)34-17-19-21-22-20-17/h1-2,4,8,10,12,15,24H,3,5-6H2,(H,18,25)(H,27,28)(H,29,30,31)(H,19,20,21,22)/t8?,10?,12?,15-/m0/s1. The van der Waals surface area contributed by atoms with Gasteiger partial charge in [0.25, 0.3) is 21.9 Å². The number of amides is 2. The lowest BCUT2D eigenvalue weighted by molar-refractivity contribution is -0.151. The smallest absolute Gasteiger partial charge is 0.352 e. The van der Waals surface area contributed by atoms with Gasteiger partial charge < -0.3 is 15.5 Å². The van der Waals surface area contributed by atoms with Crippen LogP contribution in [0.4, 0.5) is 0 Å². The number of β-lactam (4-membered cyclic amide) rings is 1. The predicted octanol–water partition coefficient (Wildman–Crippen LogP) is -0.528. The Morgan fingerprint density at radius 2 is 2.17 bits per heavy atom. The third kappa shape index (κ3) is 5.51. The minimum Gasteiger partial charge on any atom is -0.477 e.